The quantitative estimate of drug-likeness (QED) is 0.891. The molecular weight excluding hydrogens is 322 g/mol. The lowest BCUT2D eigenvalue weighted by Crippen LogP contribution is -2.41. The van der Waals surface area contributed by atoms with Gasteiger partial charge in [-0.25, -0.2) is 9.78 Å². The number of carbonyl (C=O) groups is 2. The normalized spacial score (nSPS) is 24.3. The highest BCUT2D eigenvalue weighted by atomic mass is 16.5. The molecule has 0 saturated carbocycles. The number of hydrogen-bond acceptors (Lipinski definition) is 5. The second-order valence-electron chi connectivity index (χ2n) is 7.01. The van der Waals surface area contributed by atoms with Crippen molar-refractivity contribution < 1.29 is 19.4 Å². The zero-order valence-corrected chi connectivity index (χ0v) is 14.7. The molecule has 0 spiro atoms. The molecule has 2 saturated heterocycles. The minimum Gasteiger partial charge on any atom is -0.479 e. The SMILES string of the molecule is CN(C)c1cc(C(=O)N2CCC([C@@H]3CC[C@H](C(=O)O)O3)CC2)ccn1. The third-order valence-corrected chi connectivity index (χ3v) is 5.13. The van der Waals surface area contributed by atoms with E-state index < -0.39 is 12.1 Å². The molecule has 1 aromatic heterocycles. The van der Waals surface area contributed by atoms with Crippen LogP contribution in [-0.2, 0) is 9.53 Å². The predicted molar refractivity (Wildman–Crippen MR) is 92.7 cm³/mol. The molecular formula is C18H25N3O4. The zero-order valence-electron chi connectivity index (χ0n) is 14.7. The third-order valence-electron chi connectivity index (χ3n) is 5.13. The Hall–Kier alpha value is -2.15. The van der Waals surface area contributed by atoms with Crippen molar-refractivity contribution in [1.82, 2.24) is 9.88 Å². The maximum Gasteiger partial charge on any atom is 0.332 e. The Bertz CT molecular complexity index is 641. The van der Waals surface area contributed by atoms with E-state index in [1.54, 1.807) is 12.3 Å². The van der Waals surface area contributed by atoms with E-state index in [0.29, 0.717) is 31.0 Å². The van der Waals surface area contributed by atoms with Crippen molar-refractivity contribution in [1.29, 1.82) is 0 Å². The number of carbonyl (C=O) groups excluding carboxylic acids is 1. The van der Waals surface area contributed by atoms with Gasteiger partial charge in [0, 0.05) is 38.9 Å². The van der Waals surface area contributed by atoms with Crippen LogP contribution in [0.25, 0.3) is 0 Å². The van der Waals surface area contributed by atoms with Crippen molar-refractivity contribution in [3.8, 4) is 0 Å². The van der Waals surface area contributed by atoms with Gasteiger partial charge in [0.2, 0.25) is 0 Å². The Morgan fingerprint density at radius 1 is 1.24 bits per heavy atom. The van der Waals surface area contributed by atoms with Crippen LogP contribution in [0.15, 0.2) is 18.3 Å². The molecule has 3 heterocycles. The fourth-order valence-corrected chi connectivity index (χ4v) is 3.64. The van der Waals surface area contributed by atoms with E-state index in [1.807, 2.05) is 30.0 Å². The highest BCUT2D eigenvalue weighted by molar-refractivity contribution is 5.94. The summed E-state index contributed by atoms with van der Waals surface area (Å²) in [5.74, 6) is 0.257. The molecule has 1 amide bonds. The minimum atomic E-state index is -0.871. The van der Waals surface area contributed by atoms with Crippen LogP contribution in [0.2, 0.25) is 0 Å². The molecule has 7 nitrogen and oxygen atoms in total. The molecule has 2 fully saturated rings. The Morgan fingerprint density at radius 3 is 2.56 bits per heavy atom. The molecule has 25 heavy (non-hydrogen) atoms. The largest absolute Gasteiger partial charge is 0.479 e. The van der Waals surface area contributed by atoms with E-state index in [-0.39, 0.29) is 12.0 Å². The van der Waals surface area contributed by atoms with Gasteiger partial charge in [0.25, 0.3) is 5.91 Å². The van der Waals surface area contributed by atoms with Crippen molar-refractivity contribution in [3.05, 3.63) is 23.9 Å². The molecule has 1 N–H and O–H groups in total. The Balaban J connectivity index is 1.56. The summed E-state index contributed by atoms with van der Waals surface area (Å²) in [4.78, 5) is 31.7. The van der Waals surface area contributed by atoms with Crippen LogP contribution >= 0.6 is 0 Å². The molecule has 2 aliphatic rings. The fourth-order valence-electron chi connectivity index (χ4n) is 3.64. The Labute approximate surface area is 147 Å². The van der Waals surface area contributed by atoms with Crippen molar-refractivity contribution in [3.63, 3.8) is 0 Å². The number of amides is 1. The fraction of sp³-hybridized carbons (Fsp3) is 0.611. The first-order valence-electron chi connectivity index (χ1n) is 8.76. The lowest BCUT2D eigenvalue weighted by molar-refractivity contribution is -0.150. The van der Waals surface area contributed by atoms with Gasteiger partial charge in [-0.05, 0) is 43.7 Å². The van der Waals surface area contributed by atoms with Crippen LogP contribution in [0.1, 0.15) is 36.0 Å². The van der Waals surface area contributed by atoms with Crippen molar-refractivity contribution in [2.45, 2.75) is 37.9 Å². The van der Waals surface area contributed by atoms with E-state index in [0.717, 1.165) is 25.1 Å². The Morgan fingerprint density at radius 2 is 1.96 bits per heavy atom. The van der Waals surface area contributed by atoms with E-state index in [4.69, 9.17) is 9.84 Å². The molecule has 2 atom stereocenters. The number of carboxylic acid groups (broad SMARTS) is 1. The first-order chi connectivity index (χ1) is 12.0. The second-order valence-corrected chi connectivity index (χ2v) is 7.01. The van der Waals surface area contributed by atoms with Gasteiger partial charge < -0.3 is 19.6 Å². The lowest BCUT2D eigenvalue weighted by atomic mass is 9.89. The molecule has 0 bridgehead atoms. The van der Waals surface area contributed by atoms with Crippen LogP contribution in [0, 0.1) is 5.92 Å². The van der Waals surface area contributed by atoms with Crippen LogP contribution in [0.3, 0.4) is 0 Å². The number of aromatic nitrogens is 1. The summed E-state index contributed by atoms with van der Waals surface area (Å²) in [7, 11) is 3.79. The maximum absolute atomic E-state index is 12.7. The Kier molecular flexibility index (Phi) is 5.22. The van der Waals surface area contributed by atoms with Gasteiger partial charge in [0.05, 0.1) is 6.10 Å². The molecule has 0 unspecified atom stereocenters. The number of anilines is 1. The zero-order chi connectivity index (χ0) is 18.0. The highest BCUT2D eigenvalue weighted by Crippen LogP contribution is 2.32. The second kappa shape index (κ2) is 7.39. The van der Waals surface area contributed by atoms with E-state index >= 15 is 0 Å². The average Bonchev–Trinajstić information content (AvgIpc) is 3.12. The van der Waals surface area contributed by atoms with Gasteiger partial charge in [0.15, 0.2) is 6.10 Å². The number of hydrogen-bond donors (Lipinski definition) is 1. The number of rotatable bonds is 4. The third kappa shape index (κ3) is 3.92. The van der Waals surface area contributed by atoms with Gasteiger partial charge in [-0.2, -0.15) is 0 Å². The predicted octanol–water partition coefficient (Wildman–Crippen LogP) is 1.63. The average molecular weight is 347 g/mol. The summed E-state index contributed by atoms with van der Waals surface area (Å²) in [5.41, 5.74) is 0.653. The molecule has 7 heteroatoms. The number of ether oxygens (including phenoxy) is 1. The number of pyridine rings is 1. The smallest absolute Gasteiger partial charge is 0.332 e. The summed E-state index contributed by atoms with van der Waals surface area (Å²) in [6.07, 6.45) is 4.11. The van der Waals surface area contributed by atoms with Crippen LogP contribution in [-0.4, -0.2) is 66.3 Å². The minimum absolute atomic E-state index is 0.0135. The number of aliphatic carboxylic acids is 1. The summed E-state index contributed by atoms with van der Waals surface area (Å²) in [6, 6.07) is 3.56. The molecule has 3 rings (SSSR count). The lowest BCUT2D eigenvalue weighted by Gasteiger charge is -2.34. The van der Waals surface area contributed by atoms with E-state index in [9.17, 15) is 9.59 Å². The number of nitrogens with zero attached hydrogens (tertiary/aromatic N) is 3. The van der Waals surface area contributed by atoms with Gasteiger partial charge in [-0.3, -0.25) is 4.79 Å². The standard InChI is InChI=1S/C18H25N3O4/c1-20(2)16-11-13(5-8-19-16)17(22)21-9-6-12(7-10-21)14-3-4-15(25-14)18(23)24/h5,8,11-12,14-15H,3-4,6-7,9-10H2,1-2H3,(H,23,24)/t14-,15+/m0/s1. The monoisotopic (exact) mass is 347 g/mol. The van der Waals surface area contributed by atoms with E-state index in [2.05, 4.69) is 4.98 Å². The topological polar surface area (TPSA) is 83.0 Å². The number of likely N-dealkylation sites (tertiary alicyclic amines) is 1. The summed E-state index contributed by atoms with van der Waals surface area (Å²) in [5, 5.41) is 9.05. The van der Waals surface area contributed by atoms with Gasteiger partial charge in [-0.15, -0.1) is 0 Å². The molecule has 0 aliphatic carbocycles. The molecule has 1 aromatic rings. The molecule has 0 radical (unpaired) electrons. The number of carboxylic acids is 1. The first-order valence-corrected chi connectivity index (χ1v) is 8.76. The van der Waals surface area contributed by atoms with Crippen molar-refractivity contribution in [2.75, 3.05) is 32.1 Å². The van der Waals surface area contributed by atoms with Gasteiger partial charge in [0.1, 0.15) is 5.82 Å². The summed E-state index contributed by atoms with van der Waals surface area (Å²) < 4.78 is 5.67. The maximum atomic E-state index is 12.7. The van der Waals surface area contributed by atoms with Crippen molar-refractivity contribution in [2.24, 2.45) is 5.92 Å². The van der Waals surface area contributed by atoms with E-state index in [1.165, 1.54) is 0 Å². The van der Waals surface area contributed by atoms with Crippen LogP contribution < -0.4 is 4.90 Å². The summed E-state index contributed by atoms with van der Waals surface area (Å²) in [6.45, 7) is 1.36. The van der Waals surface area contributed by atoms with Crippen LogP contribution in [0.4, 0.5) is 5.82 Å². The molecule has 0 aromatic carbocycles. The summed E-state index contributed by atoms with van der Waals surface area (Å²) >= 11 is 0. The number of piperidine rings is 1. The molecule has 2 aliphatic heterocycles. The highest BCUT2D eigenvalue weighted by Gasteiger charge is 2.37. The molecule has 136 valence electrons. The van der Waals surface area contributed by atoms with Crippen molar-refractivity contribution >= 4 is 17.7 Å². The van der Waals surface area contributed by atoms with Crippen LogP contribution in [0.5, 0.6) is 0 Å². The first kappa shape index (κ1) is 17.7. The van der Waals surface area contributed by atoms with Gasteiger partial charge >= 0.3 is 5.97 Å². The van der Waals surface area contributed by atoms with Gasteiger partial charge in [-0.1, -0.05) is 0 Å².